The SMILES string of the molecule is O=C([C@@H]1CN(C(=S)NC2CC2)c2ccccc2O1)N1CCOCC1. The summed E-state index contributed by atoms with van der Waals surface area (Å²) in [5.41, 5.74) is 0.918. The van der Waals surface area contributed by atoms with Crippen LogP contribution in [-0.2, 0) is 9.53 Å². The number of hydrogen-bond donors (Lipinski definition) is 1. The van der Waals surface area contributed by atoms with Gasteiger partial charge < -0.3 is 24.6 Å². The second kappa shape index (κ2) is 6.57. The number of morpholine rings is 1. The van der Waals surface area contributed by atoms with Crippen molar-refractivity contribution in [3.63, 3.8) is 0 Å². The molecule has 2 aliphatic heterocycles. The fraction of sp³-hybridized carbons (Fsp3) is 0.529. The van der Waals surface area contributed by atoms with Crippen LogP contribution < -0.4 is 15.0 Å². The molecule has 0 spiro atoms. The van der Waals surface area contributed by atoms with Gasteiger partial charge in [-0.1, -0.05) is 12.1 Å². The number of fused-ring (bicyclic) bond motifs is 1. The monoisotopic (exact) mass is 347 g/mol. The van der Waals surface area contributed by atoms with Crippen LogP contribution in [0.15, 0.2) is 24.3 Å². The molecule has 1 amide bonds. The van der Waals surface area contributed by atoms with E-state index in [2.05, 4.69) is 5.32 Å². The van der Waals surface area contributed by atoms with E-state index in [1.54, 1.807) is 0 Å². The van der Waals surface area contributed by atoms with Gasteiger partial charge in [-0.2, -0.15) is 0 Å². The van der Waals surface area contributed by atoms with Gasteiger partial charge in [-0.25, -0.2) is 0 Å². The number of carbonyl (C=O) groups is 1. The minimum atomic E-state index is -0.544. The van der Waals surface area contributed by atoms with Crippen LogP contribution in [0.1, 0.15) is 12.8 Å². The van der Waals surface area contributed by atoms with Crippen molar-refractivity contribution in [1.82, 2.24) is 10.2 Å². The topological polar surface area (TPSA) is 54.0 Å². The van der Waals surface area contributed by atoms with Crippen molar-refractivity contribution in [2.75, 3.05) is 37.7 Å². The molecule has 1 aromatic carbocycles. The molecule has 128 valence electrons. The summed E-state index contributed by atoms with van der Waals surface area (Å²) in [4.78, 5) is 16.6. The molecule has 1 N–H and O–H groups in total. The molecule has 1 saturated heterocycles. The number of nitrogens with one attached hydrogen (secondary N) is 1. The van der Waals surface area contributed by atoms with Crippen LogP contribution in [-0.4, -0.2) is 60.9 Å². The minimum absolute atomic E-state index is 0.00650. The standard InChI is InChI=1S/C17H21N3O3S/c21-16(19-7-9-22-10-8-19)15-11-20(17(24)18-12-5-6-12)13-3-1-2-4-14(13)23-15/h1-4,12,15H,5-11H2,(H,18,24)/t15-/m0/s1. The summed E-state index contributed by atoms with van der Waals surface area (Å²) in [7, 11) is 0. The maximum Gasteiger partial charge on any atom is 0.265 e. The molecule has 0 unspecified atom stereocenters. The molecule has 1 atom stereocenters. The highest BCUT2D eigenvalue weighted by molar-refractivity contribution is 7.80. The molecule has 6 nitrogen and oxygen atoms in total. The van der Waals surface area contributed by atoms with Gasteiger partial charge in [0, 0.05) is 19.1 Å². The maximum atomic E-state index is 12.8. The van der Waals surface area contributed by atoms with E-state index in [-0.39, 0.29) is 5.91 Å². The molecule has 1 aromatic rings. The van der Waals surface area contributed by atoms with Gasteiger partial charge in [0.2, 0.25) is 0 Å². The van der Waals surface area contributed by atoms with E-state index in [1.165, 1.54) is 0 Å². The van der Waals surface area contributed by atoms with E-state index in [0.717, 1.165) is 18.5 Å². The van der Waals surface area contributed by atoms with Crippen molar-refractivity contribution in [2.45, 2.75) is 25.0 Å². The zero-order valence-corrected chi connectivity index (χ0v) is 14.3. The van der Waals surface area contributed by atoms with Crippen LogP contribution in [0.25, 0.3) is 0 Å². The van der Waals surface area contributed by atoms with E-state index < -0.39 is 6.10 Å². The molecule has 24 heavy (non-hydrogen) atoms. The number of amides is 1. The van der Waals surface area contributed by atoms with Crippen LogP contribution >= 0.6 is 12.2 Å². The highest BCUT2D eigenvalue weighted by Gasteiger charge is 2.36. The lowest BCUT2D eigenvalue weighted by Crippen LogP contribution is -2.55. The molecule has 2 heterocycles. The minimum Gasteiger partial charge on any atom is -0.476 e. The number of anilines is 1. The number of nitrogens with zero attached hydrogens (tertiary/aromatic N) is 2. The van der Waals surface area contributed by atoms with Crippen LogP contribution in [0.5, 0.6) is 5.75 Å². The van der Waals surface area contributed by atoms with Crippen molar-refractivity contribution in [2.24, 2.45) is 0 Å². The summed E-state index contributed by atoms with van der Waals surface area (Å²) in [5, 5.41) is 4.03. The summed E-state index contributed by atoms with van der Waals surface area (Å²) in [6.07, 6.45) is 1.77. The highest BCUT2D eigenvalue weighted by Crippen LogP contribution is 2.34. The third-order valence-electron chi connectivity index (χ3n) is 4.52. The third-order valence-corrected chi connectivity index (χ3v) is 4.86. The summed E-state index contributed by atoms with van der Waals surface area (Å²) in [6.45, 7) is 2.84. The second-order valence-electron chi connectivity index (χ2n) is 6.35. The van der Waals surface area contributed by atoms with Crippen LogP contribution in [0.2, 0.25) is 0 Å². The molecule has 2 fully saturated rings. The van der Waals surface area contributed by atoms with Gasteiger partial charge in [-0.15, -0.1) is 0 Å². The third kappa shape index (κ3) is 3.18. The van der Waals surface area contributed by atoms with Gasteiger partial charge in [0.15, 0.2) is 11.2 Å². The van der Waals surface area contributed by atoms with Gasteiger partial charge in [0.05, 0.1) is 25.4 Å². The van der Waals surface area contributed by atoms with Crippen molar-refractivity contribution >= 4 is 28.9 Å². The lowest BCUT2D eigenvalue weighted by molar-refractivity contribution is -0.142. The lowest BCUT2D eigenvalue weighted by Gasteiger charge is -2.38. The highest BCUT2D eigenvalue weighted by atomic mass is 32.1. The average Bonchev–Trinajstić information content (AvgIpc) is 3.44. The molecule has 4 rings (SSSR count). The largest absolute Gasteiger partial charge is 0.476 e. The van der Waals surface area contributed by atoms with Crippen molar-refractivity contribution in [1.29, 1.82) is 0 Å². The summed E-state index contributed by atoms with van der Waals surface area (Å²) in [5.74, 6) is 0.710. The Labute approximate surface area is 146 Å². The first-order chi connectivity index (χ1) is 11.7. The summed E-state index contributed by atoms with van der Waals surface area (Å²) in [6, 6.07) is 8.21. The number of benzene rings is 1. The summed E-state index contributed by atoms with van der Waals surface area (Å²) < 4.78 is 11.3. The molecule has 1 aliphatic carbocycles. The quantitative estimate of drug-likeness (QED) is 0.810. The van der Waals surface area contributed by atoms with Gasteiger partial charge in [-0.3, -0.25) is 4.79 Å². The number of para-hydroxylation sites is 2. The number of carbonyl (C=O) groups excluding carboxylic acids is 1. The Balaban J connectivity index is 1.54. The molecule has 7 heteroatoms. The number of ether oxygens (including phenoxy) is 2. The molecule has 0 aromatic heterocycles. The molecular formula is C17H21N3O3S. The summed E-state index contributed by atoms with van der Waals surface area (Å²) >= 11 is 5.58. The molecule has 3 aliphatic rings. The zero-order valence-electron chi connectivity index (χ0n) is 13.4. The first kappa shape index (κ1) is 15.7. The van der Waals surface area contributed by atoms with Gasteiger partial charge in [0.1, 0.15) is 5.75 Å². The van der Waals surface area contributed by atoms with E-state index in [1.807, 2.05) is 34.1 Å². The molecule has 0 bridgehead atoms. The first-order valence-corrected chi connectivity index (χ1v) is 8.83. The maximum absolute atomic E-state index is 12.8. The predicted molar refractivity (Wildman–Crippen MR) is 94.4 cm³/mol. The Morgan fingerprint density at radius 3 is 2.71 bits per heavy atom. The van der Waals surface area contributed by atoms with E-state index in [4.69, 9.17) is 21.7 Å². The predicted octanol–water partition coefficient (Wildman–Crippen LogP) is 1.15. The number of thiocarbonyl (C=S) groups is 1. The van der Waals surface area contributed by atoms with E-state index in [9.17, 15) is 4.79 Å². The van der Waals surface area contributed by atoms with Crippen LogP contribution in [0, 0.1) is 0 Å². The smallest absolute Gasteiger partial charge is 0.265 e. The Morgan fingerprint density at radius 2 is 1.96 bits per heavy atom. The fourth-order valence-corrected chi connectivity index (χ4v) is 3.36. The van der Waals surface area contributed by atoms with Gasteiger partial charge in [-0.05, 0) is 37.2 Å². The van der Waals surface area contributed by atoms with E-state index in [0.29, 0.717) is 49.8 Å². The van der Waals surface area contributed by atoms with Crippen molar-refractivity contribution < 1.29 is 14.3 Å². The Morgan fingerprint density at radius 1 is 1.21 bits per heavy atom. The molecule has 1 saturated carbocycles. The lowest BCUT2D eigenvalue weighted by atomic mass is 10.1. The number of hydrogen-bond acceptors (Lipinski definition) is 4. The Hall–Kier alpha value is -1.86. The Kier molecular flexibility index (Phi) is 4.28. The average molecular weight is 347 g/mol. The number of rotatable bonds is 2. The van der Waals surface area contributed by atoms with Crippen molar-refractivity contribution in [3.05, 3.63) is 24.3 Å². The fourth-order valence-electron chi connectivity index (χ4n) is 3.02. The molecule has 0 radical (unpaired) electrons. The van der Waals surface area contributed by atoms with Crippen LogP contribution in [0.3, 0.4) is 0 Å². The Bertz CT molecular complexity index is 644. The second-order valence-corrected chi connectivity index (χ2v) is 6.73. The zero-order chi connectivity index (χ0) is 16.5. The van der Waals surface area contributed by atoms with Gasteiger partial charge in [0.25, 0.3) is 5.91 Å². The normalized spacial score (nSPS) is 23.2. The van der Waals surface area contributed by atoms with Crippen molar-refractivity contribution in [3.8, 4) is 5.75 Å². The van der Waals surface area contributed by atoms with E-state index >= 15 is 0 Å². The van der Waals surface area contributed by atoms with Gasteiger partial charge >= 0.3 is 0 Å². The first-order valence-electron chi connectivity index (χ1n) is 8.42. The van der Waals surface area contributed by atoms with Crippen LogP contribution in [0.4, 0.5) is 5.69 Å². The molecular weight excluding hydrogens is 326 g/mol.